The van der Waals surface area contributed by atoms with Gasteiger partial charge in [0.1, 0.15) is 4.93 Å². The lowest BCUT2D eigenvalue weighted by molar-refractivity contribution is 0.00351. The van der Waals surface area contributed by atoms with Crippen molar-refractivity contribution in [1.29, 1.82) is 0 Å². The van der Waals surface area contributed by atoms with Gasteiger partial charge in [-0.25, -0.2) is 4.39 Å². The largest absolute Gasteiger partial charge is 0.494 e. The summed E-state index contributed by atoms with van der Waals surface area (Å²) in [5, 5.41) is 0. The average Bonchev–Trinajstić information content (AvgIpc) is 2.95. The standard InChI is InChI=1S/C15H18FNO3S/c1-19-13-3-2-11(10-12(13)16)14(18)17-6-4-15(5-7-17)20-8-9-21-15/h2-3,10H,4-9H2,1H3. The van der Waals surface area contributed by atoms with Crippen LogP contribution < -0.4 is 4.74 Å². The fourth-order valence-corrected chi connectivity index (χ4v) is 3.99. The van der Waals surface area contributed by atoms with E-state index in [1.54, 1.807) is 11.0 Å². The van der Waals surface area contributed by atoms with Crippen molar-refractivity contribution in [3.63, 3.8) is 0 Å². The Kier molecular flexibility index (Phi) is 4.08. The molecule has 1 amide bonds. The summed E-state index contributed by atoms with van der Waals surface area (Å²) in [4.78, 5) is 14.1. The molecule has 0 aromatic heterocycles. The molecule has 1 aromatic carbocycles. The van der Waals surface area contributed by atoms with Gasteiger partial charge in [-0.2, -0.15) is 0 Å². The molecular weight excluding hydrogens is 293 g/mol. The summed E-state index contributed by atoms with van der Waals surface area (Å²) in [6.45, 7) is 2.10. The highest BCUT2D eigenvalue weighted by Gasteiger charge is 2.40. The normalized spacial score (nSPS) is 20.8. The Morgan fingerprint density at radius 3 is 2.76 bits per heavy atom. The molecular formula is C15H18FNO3S. The second-order valence-corrected chi connectivity index (χ2v) is 6.69. The van der Waals surface area contributed by atoms with Gasteiger partial charge in [0, 0.05) is 37.2 Å². The van der Waals surface area contributed by atoms with E-state index in [1.807, 2.05) is 11.8 Å². The Bertz CT molecular complexity index is 536. The first-order valence-corrected chi connectivity index (χ1v) is 8.03. The molecule has 2 aliphatic rings. The number of likely N-dealkylation sites (tertiary alicyclic amines) is 1. The first-order chi connectivity index (χ1) is 10.1. The van der Waals surface area contributed by atoms with E-state index in [9.17, 15) is 9.18 Å². The number of benzene rings is 1. The highest BCUT2D eigenvalue weighted by molar-refractivity contribution is 8.00. The van der Waals surface area contributed by atoms with E-state index in [1.165, 1.54) is 19.2 Å². The molecule has 3 rings (SSSR count). The number of piperidine rings is 1. The average molecular weight is 311 g/mol. The predicted octanol–water partition coefficient (Wildman–Crippen LogP) is 2.53. The van der Waals surface area contributed by atoms with E-state index in [-0.39, 0.29) is 16.6 Å². The molecule has 0 radical (unpaired) electrons. The minimum atomic E-state index is -0.508. The van der Waals surface area contributed by atoms with Crippen LogP contribution in [0.4, 0.5) is 4.39 Å². The number of hydrogen-bond donors (Lipinski definition) is 0. The Balaban J connectivity index is 1.67. The first-order valence-electron chi connectivity index (χ1n) is 7.04. The number of carbonyl (C=O) groups is 1. The van der Waals surface area contributed by atoms with Crippen LogP contribution in [-0.2, 0) is 4.74 Å². The van der Waals surface area contributed by atoms with Crippen LogP contribution >= 0.6 is 11.8 Å². The number of thioether (sulfide) groups is 1. The molecule has 0 unspecified atom stereocenters. The molecule has 1 spiro atoms. The minimum Gasteiger partial charge on any atom is -0.494 e. The first kappa shape index (κ1) is 14.7. The molecule has 2 heterocycles. The lowest BCUT2D eigenvalue weighted by atomic mass is 10.1. The SMILES string of the molecule is COc1ccc(C(=O)N2CCC3(CC2)OCCS3)cc1F. The number of nitrogens with zero attached hydrogens (tertiary/aromatic N) is 1. The van der Waals surface area contributed by atoms with Crippen LogP contribution in [0.15, 0.2) is 18.2 Å². The summed E-state index contributed by atoms with van der Waals surface area (Å²) in [6, 6.07) is 4.34. The molecule has 0 saturated carbocycles. The molecule has 1 aromatic rings. The van der Waals surface area contributed by atoms with Gasteiger partial charge in [-0.3, -0.25) is 4.79 Å². The molecule has 0 bridgehead atoms. The van der Waals surface area contributed by atoms with Crippen molar-refractivity contribution in [2.45, 2.75) is 17.8 Å². The van der Waals surface area contributed by atoms with Crippen LogP contribution in [-0.4, -0.2) is 48.3 Å². The maximum Gasteiger partial charge on any atom is 0.253 e. The highest BCUT2D eigenvalue weighted by Crippen LogP contribution is 2.41. The van der Waals surface area contributed by atoms with Crippen molar-refractivity contribution in [2.24, 2.45) is 0 Å². The van der Waals surface area contributed by atoms with Crippen molar-refractivity contribution in [2.75, 3.05) is 32.6 Å². The van der Waals surface area contributed by atoms with Crippen LogP contribution in [0.25, 0.3) is 0 Å². The van der Waals surface area contributed by atoms with E-state index >= 15 is 0 Å². The maximum absolute atomic E-state index is 13.7. The lowest BCUT2D eigenvalue weighted by Gasteiger charge is -2.37. The van der Waals surface area contributed by atoms with Crippen LogP contribution in [0.5, 0.6) is 5.75 Å². The third-order valence-corrected chi connectivity index (χ3v) is 5.45. The molecule has 0 atom stereocenters. The molecule has 4 nitrogen and oxygen atoms in total. The number of halogens is 1. The molecule has 6 heteroatoms. The van der Waals surface area contributed by atoms with Gasteiger partial charge < -0.3 is 14.4 Å². The van der Waals surface area contributed by atoms with Gasteiger partial charge >= 0.3 is 0 Å². The molecule has 2 aliphatic heterocycles. The van der Waals surface area contributed by atoms with Crippen molar-refractivity contribution in [3.8, 4) is 5.75 Å². The van der Waals surface area contributed by atoms with Crippen LogP contribution in [0.3, 0.4) is 0 Å². The van der Waals surface area contributed by atoms with Crippen molar-refractivity contribution in [3.05, 3.63) is 29.6 Å². The summed E-state index contributed by atoms with van der Waals surface area (Å²) in [6.07, 6.45) is 1.67. The molecule has 0 aliphatic carbocycles. The van der Waals surface area contributed by atoms with Crippen LogP contribution in [0.1, 0.15) is 23.2 Å². The van der Waals surface area contributed by atoms with Gasteiger partial charge in [-0.1, -0.05) is 0 Å². The van der Waals surface area contributed by atoms with Gasteiger partial charge in [0.2, 0.25) is 0 Å². The topological polar surface area (TPSA) is 38.8 Å². The summed E-state index contributed by atoms with van der Waals surface area (Å²) < 4.78 is 24.4. The van der Waals surface area contributed by atoms with Crippen molar-refractivity contribution < 1.29 is 18.7 Å². The van der Waals surface area contributed by atoms with E-state index in [0.717, 1.165) is 25.2 Å². The summed E-state index contributed by atoms with van der Waals surface area (Å²) in [5.74, 6) is 0.540. The lowest BCUT2D eigenvalue weighted by Crippen LogP contribution is -2.45. The Morgan fingerprint density at radius 1 is 1.43 bits per heavy atom. The fourth-order valence-electron chi connectivity index (χ4n) is 2.82. The third-order valence-electron chi connectivity index (χ3n) is 4.02. The Hall–Kier alpha value is -1.27. The van der Waals surface area contributed by atoms with Crippen molar-refractivity contribution in [1.82, 2.24) is 4.90 Å². The van der Waals surface area contributed by atoms with Gasteiger partial charge in [0.25, 0.3) is 5.91 Å². The summed E-state index contributed by atoms with van der Waals surface area (Å²) >= 11 is 1.85. The van der Waals surface area contributed by atoms with Gasteiger partial charge in [0.05, 0.1) is 13.7 Å². The van der Waals surface area contributed by atoms with E-state index in [0.29, 0.717) is 18.7 Å². The minimum absolute atomic E-state index is 0.0953. The molecule has 0 N–H and O–H groups in total. The Morgan fingerprint density at radius 2 is 2.19 bits per heavy atom. The second kappa shape index (κ2) is 5.85. The molecule has 114 valence electrons. The van der Waals surface area contributed by atoms with Gasteiger partial charge in [-0.15, -0.1) is 11.8 Å². The Labute approximate surface area is 127 Å². The number of amides is 1. The zero-order chi connectivity index (χ0) is 14.9. The zero-order valence-electron chi connectivity index (χ0n) is 11.9. The molecule has 21 heavy (non-hydrogen) atoms. The third kappa shape index (κ3) is 2.87. The highest BCUT2D eigenvalue weighted by atomic mass is 32.2. The number of ether oxygens (including phenoxy) is 2. The summed E-state index contributed by atoms with van der Waals surface area (Å²) in [5.41, 5.74) is 0.365. The van der Waals surface area contributed by atoms with Crippen molar-refractivity contribution >= 4 is 17.7 Å². The number of hydrogen-bond acceptors (Lipinski definition) is 4. The number of carbonyl (C=O) groups excluding carboxylic acids is 1. The number of rotatable bonds is 2. The number of methoxy groups -OCH3 is 1. The predicted molar refractivity (Wildman–Crippen MR) is 79.2 cm³/mol. The monoisotopic (exact) mass is 311 g/mol. The fraction of sp³-hybridized carbons (Fsp3) is 0.533. The van der Waals surface area contributed by atoms with E-state index < -0.39 is 5.82 Å². The maximum atomic E-state index is 13.7. The quantitative estimate of drug-likeness (QED) is 0.841. The van der Waals surface area contributed by atoms with Gasteiger partial charge in [-0.05, 0) is 18.2 Å². The van der Waals surface area contributed by atoms with Gasteiger partial charge in [0.15, 0.2) is 11.6 Å². The molecule has 2 saturated heterocycles. The molecule has 2 fully saturated rings. The van der Waals surface area contributed by atoms with Crippen LogP contribution in [0.2, 0.25) is 0 Å². The zero-order valence-corrected chi connectivity index (χ0v) is 12.7. The van der Waals surface area contributed by atoms with E-state index in [4.69, 9.17) is 9.47 Å². The van der Waals surface area contributed by atoms with Crippen LogP contribution in [0, 0.1) is 5.82 Å². The smallest absolute Gasteiger partial charge is 0.253 e. The van der Waals surface area contributed by atoms with E-state index in [2.05, 4.69) is 0 Å². The second-order valence-electron chi connectivity index (χ2n) is 5.25. The summed E-state index contributed by atoms with van der Waals surface area (Å²) in [7, 11) is 1.41.